The third kappa shape index (κ3) is 9.29. The maximum Gasteiger partial charge on any atom is 0.522 e. The summed E-state index contributed by atoms with van der Waals surface area (Å²) in [7, 11) is -8.22. The molecule has 0 aliphatic heterocycles. The molecule has 24 heavy (non-hydrogen) atoms. The topological polar surface area (TPSA) is 136 Å². The second kappa shape index (κ2) is 8.27. The van der Waals surface area contributed by atoms with E-state index in [-0.39, 0.29) is 11.5 Å². The highest BCUT2D eigenvalue weighted by Crippen LogP contribution is 2.21. The maximum atomic E-state index is 10.9. The largest absolute Gasteiger partial charge is 0.522 e. The van der Waals surface area contributed by atoms with Crippen LogP contribution < -0.4 is 8.92 Å². The van der Waals surface area contributed by atoms with E-state index in [9.17, 15) is 22.2 Å². The molecule has 0 radical (unpaired) electrons. The van der Waals surface area contributed by atoms with Crippen molar-refractivity contribution in [3.8, 4) is 11.5 Å². The van der Waals surface area contributed by atoms with E-state index < -0.39 is 32.3 Å². The Hall–Kier alpha value is -1.90. The zero-order chi connectivity index (χ0) is 19.2. The van der Waals surface area contributed by atoms with Crippen molar-refractivity contribution in [2.45, 2.75) is 5.51 Å². The normalized spacial score (nSPS) is 12.5. The molecule has 0 aromatic heterocycles. The standard InChI is InChI=1S/C9H12O6S.CHF3O3S/c1-13-9(10)14-7-3-5-8(6-4-7)15-16(2,11)12;2-1(3,4)8(5,6)7/h3-6,16H,1-2H3,(H,11,12);(H,5,6,7). The summed E-state index contributed by atoms with van der Waals surface area (Å²) < 4.78 is 91.1. The van der Waals surface area contributed by atoms with Crippen LogP contribution in [-0.4, -0.2) is 46.8 Å². The molecule has 1 aromatic rings. The number of carbonyl (C=O) groups excluding carboxylic acids is 1. The van der Waals surface area contributed by atoms with Gasteiger partial charge in [-0.25, -0.2) is 9.00 Å². The van der Waals surface area contributed by atoms with Crippen LogP contribution >= 0.6 is 0 Å². The van der Waals surface area contributed by atoms with E-state index in [4.69, 9.17) is 26.4 Å². The quantitative estimate of drug-likeness (QED) is 0.228. The Balaban J connectivity index is 0.000000561. The fourth-order valence-corrected chi connectivity index (χ4v) is 1.41. The first-order valence-corrected chi connectivity index (χ1v) is 9.01. The molecule has 0 bridgehead atoms. The van der Waals surface area contributed by atoms with Gasteiger partial charge in [-0.05, 0) is 24.3 Å². The lowest BCUT2D eigenvalue weighted by Crippen LogP contribution is -2.21. The summed E-state index contributed by atoms with van der Waals surface area (Å²) in [4.78, 5) is 10.7. The Morgan fingerprint density at radius 3 is 1.83 bits per heavy atom. The highest BCUT2D eigenvalue weighted by Gasteiger charge is 2.44. The minimum absolute atomic E-state index is 0.213. The number of thiol groups is 1. The van der Waals surface area contributed by atoms with Gasteiger partial charge in [-0.1, -0.05) is 0 Å². The molecule has 0 saturated heterocycles. The van der Waals surface area contributed by atoms with Crippen molar-refractivity contribution in [3.63, 3.8) is 0 Å². The van der Waals surface area contributed by atoms with E-state index in [1.165, 1.54) is 31.4 Å². The van der Waals surface area contributed by atoms with Crippen molar-refractivity contribution < 1.29 is 53.4 Å². The van der Waals surface area contributed by atoms with E-state index in [2.05, 4.69) is 4.74 Å². The van der Waals surface area contributed by atoms with Crippen LogP contribution in [0.2, 0.25) is 0 Å². The zero-order valence-corrected chi connectivity index (χ0v) is 13.8. The second-order valence-corrected chi connectivity index (χ2v) is 7.04. The van der Waals surface area contributed by atoms with Crippen molar-refractivity contribution >= 4 is 26.8 Å². The lowest BCUT2D eigenvalue weighted by Gasteiger charge is -2.13. The number of hydrogen-bond donors (Lipinski definition) is 3. The van der Waals surface area contributed by atoms with Gasteiger partial charge in [0.1, 0.15) is 22.0 Å². The predicted molar refractivity (Wildman–Crippen MR) is 75.8 cm³/mol. The molecule has 0 aliphatic carbocycles. The molecule has 9 nitrogen and oxygen atoms in total. The molecule has 0 aliphatic rings. The summed E-state index contributed by atoms with van der Waals surface area (Å²) in [6.45, 7) is 0. The van der Waals surface area contributed by atoms with Gasteiger partial charge in [-0.2, -0.15) is 21.6 Å². The van der Waals surface area contributed by atoms with E-state index in [0.29, 0.717) is 0 Å². The first-order chi connectivity index (χ1) is 10.7. The van der Waals surface area contributed by atoms with Crippen molar-refractivity contribution in [1.82, 2.24) is 0 Å². The fraction of sp³-hybridized carbons (Fsp3) is 0.300. The van der Waals surface area contributed by atoms with Gasteiger partial charge in [0.25, 0.3) is 0 Å². The number of carbonyl (C=O) groups is 1. The summed E-state index contributed by atoms with van der Waals surface area (Å²) in [6, 6.07) is 5.65. The van der Waals surface area contributed by atoms with Gasteiger partial charge in [0, 0.05) is 6.26 Å². The average molecular weight is 398 g/mol. The minimum Gasteiger partial charge on any atom is -0.437 e. The number of halogens is 3. The van der Waals surface area contributed by atoms with Gasteiger partial charge in [-0.3, -0.25) is 4.55 Å². The number of benzene rings is 1. The summed E-state index contributed by atoms with van der Waals surface area (Å²) in [5.74, 6) is 0.466. The first kappa shape index (κ1) is 22.1. The molecule has 2 N–H and O–H groups in total. The van der Waals surface area contributed by atoms with Crippen LogP contribution in [0.5, 0.6) is 11.5 Å². The lowest BCUT2D eigenvalue weighted by molar-refractivity contribution is -0.0510. The molecule has 0 unspecified atom stereocenters. The van der Waals surface area contributed by atoms with Gasteiger partial charge in [0.2, 0.25) is 0 Å². The van der Waals surface area contributed by atoms with E-state index >= 15 is 0 Å². The average Bonchev–Trinajstić information content (AvgIpc) is 2.37. The zero-order valence-electron chi connectivity index (χ0n) is 12.1. The third-order valence-corrected chi connectivity index (χ3v) is 2.89. The maximum absolute atomic E-state index is 10.9. The highest BCUT2D eigenvalue weighted by atomic mass is 32.3. The molecule has 0 atom stereocenters. The molecular weight excluding hydrogens is 385 g/mol. The number of alkyl halides is 3. The Morgan fingerprint density at radius 1 is 1.17 bits per heavy atom. The molecule has 0 amide bonds. The van der Waals surface area contributed by atoms with Crippen LogP contribution in [0.15, 0.2) is 24.3 Å². The van der Waals surface area contributed by atoms with Gasteiger partial charge >= 0.3 is 21.8 Å². The van der Waals surface area contributed by atoms with Crippen LogP contribution in [0.1, 0.15) is 0 Å². The third-order valence-electron chi connectivity index (χ3n) is 1.76. The van der Waals surface area contributed by atoms with E-state index in [0.717, 1.165) is 6.26 Å². The smallest absolute Gasteiger partial charge is 0.437 e. The Morgan fingerprint density at radius 2 is 1.54 bits per heavy atom. The Bertz CT molecular complexity index is 691. The predicted octanol–water partition coefficient (Wildman–Crippen LogP) is 1.64. The molecule has 1 aromatic carbocycles. The van der Waals surface area contributed by atoms with Crippen molar-refractivity contribution in [2.24, 2.45) is 0 Å². The minimum atomic E-state index is -5.84. The van der Waals surface area contributed by atoms with Gasteiger partial charge in [0.15, 0.2) is 0 Å². The Kier molecular flexibility index (Phi) is 7.62. The first-order valence-electron chi connectivity index (χ1n) is 5.55. The molecule has 14 heteroatoms. The van der Waals surface area contributed by atoms with E-state index in [1.807, 2.05) is 0 Å². The van der Waals surface area contributed by atoms with Gasteiger partial charge in [-0.15, -0.1) is 0 Å². The summed E-state index contributed by atoms with van der Waals surface area (Å²) in [5.41, 5.74) is -5.53. The second-order valence-electron chi connectivity index (χ2n) is 3.84. The lowest BCUT2D eigenvalue weighted by atomic mass is 10.3. The van der Waals surface area contributed by atoms with Crippen LogP contribution in [0, 0.1) is 0 Å². The number of rotatable bonds is 3. The van der Waals surface area contributed by atoms with E-state index in [1.54, 1.807) is 0 Å². The van der Waals surface area contributed by atoms with Crippen LogP contribution in [0.3, 0.4) is 0 Å². The van der Waals surface area contributed by atoms with Crippen molar-refractivity contribution in [1.29, 1.82) is 0 Å². The Labute approximate surface area is 135 Å². The number of ether oxygens (including phenoxy) is 2. The summed E-state index contributed by atoms with van der Waals surface area (Å²) in [5, 5.41) is 0. The number of hydrogen-bond acceptors (Lipinski definition) is 7. The monoisotopic (exact) mass is 398 g/mol. The molecule has 0 heterocycles. The van der Waals surface area contributed by atoms with Crippen LogP contribution in [0.25, 0.3) is 0 Å². The molecular formula is C10H13F3O9S2. The summed E-state index contributed by atoms with van der Waals surface area (Å²) >= 11 is 0. The highest BCUT2D eigenvalue weighted by molar-refractivity contribution is 7.92. The van der Waals surface area contributed by atoms with Crippen LogP contribution in [-0.2, 0) is 25.3 Å². The van der Waals surface area contributed by atoms with Crippen LogP contribution in [0.4, 0.5) is 18.0 Å². The van der Waals surface area contributed by atoms with Gasteiger partial charge in [0.05, 0.1) is 7.11 Å². The molecule has 140 valence electrons. The molecule has 0 fully saturated rings. The number of methoxy groups -OCH3 is 1. The van der Waals surface area contributed by atoms with Gasteiger partial charge < -0.3 is 18.2 Å². The molecule has 1 rings (SSSR count). The SMILES string of the molecule is COC(=O)Oc1ccc(O[SH](C)(=O)O)cc1.O=S(=O)(O)C(F)(F)F. The van der Waals surface area contributed by atoms with Crippen molar-refractivity contribution in [2.75, 3.05) is 13.4 Å². The fourth-order valence-electron chi connectivity index (χ4n) is 0.902. The molecule has 0 spiro atoms. The van der Waals surface area contributed by atoms with Crippen molar-refractivity contribution in [3.05, 3.63) is 24.3 Å². The molecule has 0 saturated carbocycles. The summed E-state index contributed by atoms with van der Waals surface area (Å²) in [6.07, 6.45) is 0.239.